The van der Waals surface area contributed by atoms with E-state index in [1.54, 1.807) is 36.4 Å². The maximum Gasteiger partial charge on any atom is 0.231 e. The Morgan fingerprint density at radius 3 is 2.17 bits per heavy atom. The molecule has 4 nitrogen and oxygen atoms in total. The van der Waals surface area contributed by atoms with Crippen LogP contribution in [0.2, 0.25) is 15.1 Å². The third-order valence-corrected chi connectivity index (χ3v) is 6.73. The molecule has 2 amide bonds. The zero-order valence-electron chi connectivity index (χ0n) is 14.8. The minimum absolute atomic E-state index is 0.0363. The van der Waals surface area contributed by atoms with Crippen molar-refractivity contribution < 1.29 is 9.59 Å². The highest BCUT2D eigenvalue weighted by Gasteiger charge is 2.67. The van der Waals surface area contributed by atoms with Gasteiger partial charge in [0.15, 0.2) is 0 Å². The van der Waals surface area contributed by atoms with Crippen molar-refractivity contribution in [1.29, 1.82) is 0 Å². The first-order valence-corrected chi connectivity index (χ1v) is 10.8. The molecule has 0 bridgehead atoms. The Morgan fingerprint density at radius 1 is 0.897 bits per heavy atom. The van der Waals surface area contributed by atoms with E-state index in [0.29, 0.717) is 32.0 Å². The second kappa shape index (κ2) is 7.82. The van der Waals surface area contributed by atoms with Crippen LogP contribution in [0.1, 0.15) is 24.3 Å². The Bertz CT molecular complexity index is 986. The number of rotatable bonds is 5. The van der Waals surface area contributed by atoms with E-state index in [1.807, 2.05) is 0 Å². The lowest BCUT2D eigenvalue weighted by molar-refractivity contribution is -0.118. The monoisotopic (exact) mass is 490 g/mol. The molecule has 2 saturated carbocycles. The van der Waals surface area contributed by atoms with Gasteiger partial charge in [-0.05, 0) is 54.8 Å². The summed E-state index contributed by atoms with van der Waals surface area (Å²) < 4.78 is -1.27. The van der Waals surface area contributed by atoms with Gasteiger partial charge in [-0.15, -0.1) is 23.2 Å². The van der Waals surface area contributed by atoms with E-state index < -0.39 is 16.2 Å². The van der Waals surface area contributed by atoms with Crippen LogP contribution in [-0.4, -0.2) is 16.1 Å². The van der Waals surface area contributed by atoms with Crippen molar-refractivity contribution in [2.24, 2.45) is 11.8 Å². The number of anilines is 2. The summed E-state index contributed by atoms with van der Waals surface area (Å²) in [5, 5.41) is 6.85. The summed E-state index contributed by atoms with van der Waals surface area (Å²) in [6.07, 6.45) is 1.76. The van der Waals surface area contributed by atoms with Crippen LogP contribution in [0.5, 0.6) is 0 Å². The highest BCUT2D eigenvalue weighted by molar-refractivity contribution is 6.53. The maximum atomic E-state index is 12.8. The summed E-state index contributed by atoms with van der Waals surface area (Å²) in [5.74, 6) is -1.51. The molecule has 0 spiro atoms. The second-order valence-corrected chi connectivity index (χ2v) is 10.0. The average molecular weight is 493 g/mol. The first-order chi connectivity index (χ1) is 13.7. The van der Waals surface area contributed by atoms with Crippen LogP contribution in [0.15, 0.2) is 36.4 Å². The van der Waals surface area contributed by atoms with Crippen LogP contribution in [-0.2, 0) is 9.59 Å². The molecule has 152 valence electrons. The molecular weight excluding hydrogens is 477 g/mol. The van der Waals surface area contributed by atoms with E-state index in [1.165, 1.54) is 0 Å². The molecule has 2 aromatic carbocycles. The normalized spacial score (nSPS) is 22.1. The fourth-order valence-electron chi connectivity index (χ4n) is 3.32. The lowest BCUT2D eigenvalue weighted by atomic mass is 10.1. The predicted molar refractivity (Wildman–Crippen MR) is 119 cm³/mol. The zero-order chi connectivity index (χ0) is 20.9. The molecule has 2 unspecified atom stereocenters. The van der Waals surface area contributed by atoms with E-state index in [-0.39, 0.29) is 17.7 Å². The van der Waals surface area contributed by atoms with E-state index in [2.05, 4.69) is 10.6 Å². The Kier molecular flexibility index (Phi) is 5.69. The number of hydrogen-bond donors (Lipinski definition) is 2. The number of nitrogens with one attached hydrogen (secondary N) is 2. The van der Waals surface area contributed by atoms with Crippen LogP contribution in [0.3, 0.4) is 0 Å². The summed E-state index contributed by atoms with van der Waals surface area (Å²) in [6.45, 7) is 0. The number of hydrogen-bond acceptors (Lipinski definition) is 2. The molecule has 0 aromatic heterocycles. The van der Waals surface area contributed by atoms with Crippen LogP contribution >= 0.6 is 58.0 Å². The smallest absolute Gasteiger partial charge is 0.231 e. The molecule has 29 heavy (non-hydrogen) atoms. The number of alkyl halides is 2. The number of carbonyl (C=O) groups is 2. The van der Waals surface area contributed by atoms with Crippen molar-refractivity contribution in [2.45, 2.75) is 23.1 Å². The Morgan fingerprint density at radius 2 is 1.55 bits per heavy atom. The third kappa shape index (κ3) is 4.47. The van der Waals surface area contributed by atoms with Gasteiger partial charge in [-0.2, -0.15) is 0 Å². The van der Waals surface area contributed by atoms with Crippen LogP contribution in [0, 0.1) is 11.8 Å². The fraction of sp³-hybridized carbons (Fsp3) is 0.300. The quantitative estimate of drug-likeness (QED) is 0.467. The molecule has 2 aliphatic carbocycles. The molecule has 0 aliphatic heterocycles. The lowest BCUT2D eigenvalue weighted by Crippen LogP contribution is -2.18. The Hall–Kier alpha value is -1.17. The molecule has 2 atom stereocenters. The minimum Gasteiger partial charge on any atom is -0.326 e. The van der Waals surface area contributed by atoms with Crippen LogP contribution < -0.4 is 10.6 Å². The molecule has 0 saturated heterocycles. The van der Waals surface area contributed by atoms with Crippen LogP contribution in [0.4, 0.5) is 11.4 Å². The molecule has 2 aliphatic rings. The largest absolute Gasteiger partial charge is 0.326 e. The SMILES string of the molecule is O=C(Nc1cc(NC(=O)C2C(c3cc(Cl)cc(Cl)c3)C2(Cl)Cl)ccc1Cl)C1CC1. The maximum absolute atomic E-state index is 12.8. The molecular formula is C20H15Cl5N2O2. The van der Waals surface area contributed by atoms with E-state index >= 15 is 0 Å². The highest BCUT2D eigenvalue weighted by atomic mass is 35.5. The molecule has 2 N–H and O–H groups in total. The molecule has 2 aromatic rings. The number of benzene rings is 2. The number of halogens is 5. The minimum atomic E-state index is -1.27. The summed E-state index contributed by atoms with van der Waals surface area (Å²) in [5.41, 5.74) is 1.61. The van der Waals surface area contributed by atoms with Crippen molar-refractivity contribution >= 4 is 81.2 Å². The Balaban J connectivity index is 1.49. The van der Waals surface area contributed by atoms with Gasteiger partial charge in [0, 0.05) is 27.6 Å². The standard InChI is InChI=1S/C20H15Cl5N2O2/c21-11-5-10(6-12(22)7-11)16-17(20(16,24)25)19(29)26-13-3-4-14(23)15(8-13)27-18(28)9-1-2-9/h3-9,16-17H,1-2H2,(H,26,29)(H,27,28). The molecule has 0 radical (unpaired) electrons. The van der Waals surface area contributed by atoms with Crippen molar-refractivity contribution in [2.75, 3.05) is 10.6 Å². The average Bonchev–Trinajstić information content (AvgIpc) is 3.52. The molecule has 9 heteroatoms. The number of carbonyl (C=O) groups excluding carboxylic acids is 2. The highest BCUT2D eigenvalue weighted by Crippen LogP contribution is 2.65. The predicted octanol–water partition coefficient (Wildman–Crippen LogP) is 6.52. The summed E-state index contributed by atoms with van der Waals surface area (Å²) >= 11 is 31.0. The first-order valence-electron chi connectivity index (χ1n) is 8.92. The van der Waals surface area contributed by atoms with Gasteiger partial charge in [0.25, 0.3) is 0 Å². The van der Waals surface area contributed by atoms with Gasteiger partial charge in [-0.1, -0.05) is 34.8 Å². The first kappa shape index (κ1) is 21.1. The second-order valence-electron chi connectivity index (χ2n) is 7.28. The molecule has 2 fully saturated rings. The summed E-state index contributed by atoms with van der Waals surface area (Å²) in [6, 6.07) is 9.84. The summed E-state index contributed by atoms with van der Waals surface area (Å²) in [4.78, 5) is 24.8. The molecule has 4 rings (SSSR count). The van der Waals surface area contributed by atoms with Gasteiger partial charge < -0.3 is 10.6 Å². The lowest BCUT2D eigenvalue weighted by Gasteiger charge is -2.10. The van der Waals surface area contributed by atoms with Crippen LogP contribution in [0.25, 0.3) is 0 Å². The van der Waals surface area contributed by atoms with Crippen molar-refractivity contribution in [3.05, 3.63) is 57.0 Å². The third-order valence-electron chi connectivity index (χ3n) is 5.02. The van der Waals surface area contributed by atoms with Crippen molar-refractivity contribution in [1.82, 2.24) is 0 Å². The van der Waals surface area contributed by atoms with Gasteiger partial charge >= 0.3 is 0 Å². The summed E-state index contributed by atoms with van der Waals surface area (Å²) in [7, 11) is 0. The molecule has 0 heterocycles. The van der Waals surface area contributed by atoms with E-state index in [4.69, 9.17) is 58.0 Å². The zero-order valence-corrected chi connectivity index (χ0v) is 18.6. The topological polar surface area (TPSA) is 58.2 Å². The van der Waals surface area contributed by atoms with Gasteiger partial charge in [0.05, 0.1) is 16.6 Å². The van der Waals surface area contributed by atoms with Gasteiger partial charge in [-0.3, -0.25) is 9.59 Å². The van der Waals surface area contributed by atoms with E-state index in [9.17, 15) is 9.59 Å². The Labute approximate surface area is 192 Å². The van der Waals surface area contributed by atoms with Crippen molar-refractivity contribution in [3.8, 4) is 0 Å². The van der Waals surface area contributed by atoms with Gasteiger partial charge in [0.2, 0.25) is 11.8 Å². The van der Waals surface area contributed by atoms with E-state index in [0.717, 1.165) is 12.8 Å². The van der Waals surface area contributed by atoms with Gasteiger partial charge in [0.1, 0.15) is 4.33 Å². The van der Waals surface area contributed by atoms with Gasteiger partial charge in [-0.25, -0.2) is 0 Å². The fourth-order valence-corrected chi connectivity index (χ4v) is 4.86. The van der Waals surface area contributed by atoms with Crippen molar-refractivity contribution in [3.63, 3.8) is 0 Å². The number of amides is 2.